The van der Waals surface area contributed by atoms with Crippen LogP contribution in [0, 0.1) is 6.92 Å². The molecule has 8 heteroatoms. The Morgan fingerprint density at radius 2 is 1.64 bits per heavy atom. The second kappa shape index (κ2) is 10.5. The predicted octanol–water partition coefficient (Wildman–Crippen LogP) is 4.16. The standard InChI is InChI=1S/C28H32N8/c1-20-5-4-6-23(32-20)27-30-14-12-25(35-27)33-24-11-13-29-26(34-24)17-21-7-9-22(10-8-21)18-36-16-15-31-28(2,3)19-36/h4-14,31H,15-19H2,1-3H3,(H,29,30,33,34,35). The molecule has 5 rings (SSSR count). The zero-order valence-corrected chi connectivity index (χ0v) is 21.1. The van der Waals surface area contributed by atoms with Crippen molar-refractivity contribution in [2.45, 2.75) is 39.3 Å². The first-order chi connectivity index (χ1) is 17.4. The smallest absolute Gasteiger partial charge is 0.180 e. The summed E-state index contributed by atoms with van der Waals surface area (Å²) in [5.41, 5.74) is 4.35. The van der Waals surface area contributed by atoms with Crippen molar-refractivity contribution in [2.75, 3.05) is 25.0 Å². The fraction of sp³-hybridized carbons (Fsp3) is 0.321. The van der Waals surface area contributed by atoms with Crippen LogP contribution >= 0.6 is 0 Å². The summed E-state index contributed by atoms with van der Waals surface area (Å²) in [7, 11) is 0. The van der Waals surface area contributed by atoms with Crippen LogP contribution in [0.2, 0.25) is 0 Å². The van der Waals surface area contributed by atoms with Crippen LogP contribution in [0.15, 0.2) is 67.0 Å². The lowest BCUT2D eigenvalue weighted by Gasteiger charge is -2.39. The Morgan fingerprint density at radius 3 is 2.42 bits per heavy atom. The molecule has 184 valence electrons. The van der Waals surface area contributed by atoms with Crippen LogP contribution < -0.4 is 10.6 Å². The minimum absolute atomic E-state index is 0.166. The first-order valence-corrected chi connectivity index (χ1v) is 12.3. The molecular formula is C28H32N8. The quantitative estimate of drug-likeness (QED) is 0.408. The van der Waals surface area contributed by atoms with Crippen LogP contribution in [0.5, 0.6) is 0 Å². The number of aromatic nitrogens is 5. The monoisotopic (exact) mass is 480 g/mol. The molecule has 4 aromatic rings. The van der Waals surface area contributed by atoms with Crippen LogP contribution in [-0.4, -0.2) is 55.0 Å². The van der Waals surface area contributed by atoms with Gasteiger partial charge in [0.15, 0.2) is 5.82 Å². The molecule has 8 nitrogen and oxygen atoms in total. The lowest BCUT2D eigenvalue weighted by Crippen LogP contribution is -2.56. The summed E-state index contributed by atoms with van der Waals surface area (Å²) in [5.74, 6) is 2.68. The minimum Gasteiger partial charge on any atom is -0.325 e. The highest BCUT2D eigenvalue weighted by Gasteiger charge is 2.25. The maximum atomic E-state index is 4.70. The number of nitrogens with zero attached hydrogens (tertiary/aromatic N) is 6. The van der Waals surface area contributed by atoms with Gasteiger partial charge in [-0.1, -0.05) is 30.3 Å². The lowest BCUT2D eigenvalue weighted by atomic mass is 10.0. The molecular weight excluding hydrogens is 448 g/mol. The molecule has 4 heterocycles. The summed E-state index contributed by atoms with van der Waals surface area (Å²) >= 11 is 0. The zero-order valence-electron chi connectivity index (χ0n) is 21.1. The highest BCUT2D eigenvalue weighted by molar-refractivity contribution is 5.56. The summed E-state index contributed by atoms with van der Waals surface area (Å²) in [4.78, 5) is 25.2. The van der Waals surface area contributed by atoms with Gasteiger partial charge >= 0.3 is 0 Å². The van der Waals surface area contributed by atoms with Crippen molar-refractivity contribution in [3.63, 3.8) is 0 Å². The van der Waals surface area contributed by atoms with Crippen LogP contribution in [0.1, 0.15) is 36.5 Å². The Labute approximate surface area is 212 Å². The van der Waals surface area contributed by atoms with Crippen molar-refractivity contribution >= 4 is 11.6 Å². The number of aryl methyl sites for hydroxylation is 1. The van der Waals surface area contributed by atoms with Gasteiger partial charge in [0.25, 0.3) is 0 Å². The van der Waals surface area contributed by atoms with Crippen molar-refractivity contribution in [1.82, 2.24) is 35.1 Å². The summed E-state index contributed by atoms with van der Waals surface area (Å²) in [6.45, 7) is 10.6. The number of hydrogen-bond acceptors (Lipinski definition) is 8. The highest BCUT2D eigenvalue weighted by atomic mass is 15.2. The Balaban J connectivity index is 1.23. The molecule has 1 aliphatic rings. The van der Waals surface area contributed by atoms with E-state index in [1.807, 2.05) is 37.3 Å². The molecule has 1 aliphatic heterocycles. The number of benzene rings is 1. The first kappa shape index (κ1) is 24.0. The molecule has 0 saturated carbocycles. The highest BCUT2D eigenvalue weighted by Crippen LogP contribution is 2.18. The summed E-state index contributed by atoms with van der Waals surface area (Å²) in [6, 6.07) is 18.3. The molecule has 0 spiro atoms. The summed E-state index contributed by atoms with van der Waals surface area (Å²) in [6.07, 6.45) is 4.16. The SMILES string of the molecule is Cc1cccc(-c2nccc(Nc3ccnc(Cc4ccc(CN5CCNC(C)(C)C5)cc4)n3)n2)n1. The van der Waals surface area contributed by atoms with Crippen LogP contribution in [0.3, 0.4) is 0 Å². The third-order valence-corrected chi connectivity index (χ3v) is 6.18. The summed E-state index contributed by atoms with van der Waals surface area (Å²) in [5, 5.41) is 6.85. The van der Waals surface area contributed by atoms with Crippen molar-refractivity contribution in [2.24, 2.45) is 0 Å². The molecule has 0 radical (unpaired) electrons. The van der Waals surface area contributed by atoms with Crippen LogP contribution in [0.25, 0.3) is 11.5 Å². The second-order valence-corrected chi connectivity index (χ2v) is 9.93. The van der Waals surface area contributed by atoms with Crippen molar-refractivity contribution in [1.29, 1.82) is 0 Å². The fourth-order valence-corrected chi connectivity index (χ4v) is 4.49. The second-order valence-electron chi connectivity index (χ2n) is 9.93. The normalized spacial score (nSPS) is 15.5. The molecule has 36 heavy (non-hydrogen) atoms. The average Bonchev–Trinajstić information content (AvgIpc) is 2.85. The van der Waals surface area contributed by atoms with Gasteiger partial charge in [-0.2, -0.15) is 0 Å². The molecule has 1 saturated heterocycles. The molecule has 0 unspecified atom stereocenters. The molecule has 1 aromatic carbocycles. The Hall–Kier alpha value is -3.75. The van der Waals surface area contributed by atoms with Crippen molar-refractivity contribution in [3.8, 4) is 11.5 Å². The number of nitrogens with one attached hydrogen (secondary N) is 2. The summed E-state index contributed by atoms with van der Waals surface area (Å²) < 4.78 is 0. The Kier molecular flexibility index (Phi) is 6.97. The number of rotatable bonds is 7. The van der Waals surface area contributed by atoms with Crippen molar-refractivity contribution < 1.29 is 0 Å². The molecule has 0 bridgehead atoms. The Morgan fingerprint density at radius 1 is 0.889 bits per heavy atom. The molecule has 3 aromatic heterocycles. The van der Waals surface area contributed by atoms with Gasteiger partial charge in [-0.3, -0.25) is 4.90 Å². The van der Waals surface area contributed by atoms with E-state index in [1.54, 1.807) is 12.4 Å². The molecule has 0 atom stereocenters. The number of pyridine rings is 1. The lowest BCUT2D eigenvalue weighted by molar-refractivity contribution is 0.148. The number of anilines is 2. The largest absolute Gasteiger partial charge is 0.325 e. The van der Waals surface area contributed by atoms with Gasteiger partial charge in [0.1, 0.15) is 23.2 Å². The Bertz CT molecular complexity index is 1320. The number of piperazine rings is 1. The third kappa shape index (κ3) is 6.27. The van der Waals surface area contributed by atoms with E-state index in [2.05, 4.69) is 73.6 Å². The van der Waals surface area contributed by atoms with E-state index in [4.69, 9.17) is 4.98 Å². The van der Waals surface area contributed by atoms with Gasteiger partial charge in [-0.15, -0.1) is 0 Å². The molecule has 0 amide bonds. The van der Waals surface area contributed by atoms with E-state index < -0.39 is 0 Å². The van der Waals surface area contributed by atoms with Gasteiger partial charge in [0, 0.05) is 56.2 Å². The molecule has 0 aliphatic carbocycles. The predicted molar refractivity (Wildman–Crippen MR) is 142 cm³/mol. The van der Waals surface area contributed by atoms with E-state index in [-0.39, 0.29) is 5.54 Å². The maximum absolute atomic E-state index is 4.70. The van der Waals surface area contributed by atoms with Gasteiger partial charge < -0.3 is 10.6 Å². The molecule has 1 fully saturated rings. The van der Waals surface area contributed by atoms with E-state index in [9.17, 15) is 0 Å². The van der Waals surface area contributed by atoms with Crippen LogP contribution in [0.4, 0.5) is 11.6 Å². The van der Waals surface area contributed by atoms with E-state index in [1.165, 1.54) is 11.1 Å². The number of hydrogen-bond donors (Lipinski definition) is 2. The average molecular weight is 481 g/mol. The first-order valence-electron chi connectivity index (χ1n) is 12.3. The fourth-order valence-electron chi connectivity index (χ4n) is 4.49. The van der Waals surface area contributed by atoms with Crippen molar-refractivity contribution in [3.05, 3.63) is 89.6 Å². The van der Waals surface area contributed by atoms with Gasteiger partial charge in [-0.25, -0.2) is 24.9 Å². The minimum atomic E-state index is 0.166. The zero-order chi connectivity index (χ0) is 25.0. The maximum Gasteiger partial charge on any atom is 0.180 e. The van der Waals surface area contributed by atoms with Gasteiger partial charge in [-0.05, 0) is 56.2 Å². The van der Waals surface area contributed by atoms with Gasteiger partial charge in [0.05, 0.1) is 0 Å². The third-order valence-electron chi connectivity index (χ3n) is 6.18. The molecule has 2 N–H and O–H groups in total. The van der Waals surface area contributed by atoms with Gasteiger partial charge in [0.2, 0.25) is 0 Å². The van der Waals surface area contributed by atoms with E-state index in [0.717, 1.165) is 43.4 Å². The van der Waals surface area contributed by atoms with E-state index >= 15 is 0 Å². The topological polar surface area (TPSA) is 91.8 Å². The van der Waals surface area contributed by atoms with Crippen LogP contribution in [-0.2, 0) is 13.0 Å². The van der Waals surface area contributed by atoms with E-state index in [0.29, 0.717) is 23.9 Å².